The summed E-state index contributed by atoms with van der Waals surface area (Å²) in [4.78, 5) is 12.3. The second-order valence-corrected chi connectivity index (χ2v) is 5.76. The first-order valence-electron chi connectivity index (χ1n) is 8.12. The maximum atomic E-state index is 13.2. The van der Waals surface area contributed by atoms with Gasteiger partial charge >= 0.3 is 6.03 Å². The van der Waals surface area contributed by atoms with Gasteiger partial charge in [0.15, 0.2) is 0 Å². The largest absolute Gasteiger partial charge is 0.376 e. The zero-order chi connectivity index (χ0) is 16.9. The molecule has 1 aromatic carbocycles. The Morgan fingerprint density at radius 2 is 2.25 bits per heavy atom. The highest BCUT2D eigenvalue weighted by Crippen LogP contribution is 2.27. The second-order valence-electron chi connectivity index (χ2n) is 5.76. The lowest BCUT2D eigenvalue weighted by atomic mass is 9.99. The van der Waals surface area contributed by atoms with Crippen LogP contribution in [0, 0.1) is 5.82 Å². The average Bonchev–Trinajstić information content (AvgIpc) is 3.25. The summed E-state index contributed by atoms with van der Waals surface area (Å²) in [5.41, 5.74) is 1.45. The SMILES string of the molecule is CCn1cc(NC(=O)N[C@H](c2ccc(F)cc2)[C@H]2CCCO2)cn1. The Kier molecular flexibility index (Phi) is 5.10. The van der Waals surface area contributed by atoms with Gasteiger partial charge < -0.3 is 15.4 Å². The van der Waals surface area contributed by atoms with Crippen molar-refractivity contribution in [2.24, 2.45) is 0 Å². The number of nitrogens with zero attached hydrogens (tertiary/aromatic N) is 2. The molecule has 0 radical (unpaired) electrons. The van der Waals surface area contributed by atoms with Gasteiger partial charge in [-0.3, -0.25) is 4.68 Å². The van der Waals surface area contributed by atoms with Gasteiger partial charge in [0.05, 0.1) is 24.0 Å². The van der Waals surface area contributed by atoms with Crippen LogP contribution in [0.1, 0.15) is 31.4 Å². The molecular weight excluding hydrogens is 311 g/mol. The van der Waals surface area contributed by atoms with Crippen molar-refractivity contribution in [1.29, 1.82) is 0 Å². The number of carbonyl (C=O) groups is 1. The first-order valence-corrected chi connectivity index (χ1v) is 8.12. The zero-order valence-electron chi connectivity index (χ0n) is 13.5. The van der Waals surface area contributed by atoms with E-state index >= 15 is 0 Å². The molecule has 2 N–H and O–H groups in total. The van der Waals surface area contributed by atoms with Crippen molar-refractivity contribution < 1.29 is 13.9 Å². The minimum Gasteiger partial charge on any atom is -0.376 e. The molecule has 0 aliphatic carbocycles. The van der Waals surface area contributed by atoms with E-state index in [1.807, 2.05) is 6.92 Å². The molecule has 2 aromatic rings. The highest BCUT2D eigenvalue weighted by atomic mass is 19.1. The van der Waals surface area contributed by atoms with Crippen LogP contribution in [0.15, 0.2) is 36.7 Å². The number of aromatic nitrogens is 2. The smallest absolute Gasteiger partial charge is 0.319 e. The number of anilines is 1. The number of rotatable bonds is 5. The van der Waals surface area contributed by atoms with Crippen LogP contribution in [0.25, 0.3) is 0 Å². The number of hydrogen-bond donors (Lipinski definition) is 2. The highest BCUT2D eigenvalue weighted by molar-refractivity contribution is 5.89. The maximum Gasteiger partial charge on any atom is 0.319 e. The van der Waals surface area contributed by atoms with Crippen LogP contribution in [0.4, 0.5) is 14.9 Å². The van der Waals surface area contributed by atoms with Crippen molar-refractivity contribution in [3.05, 3.63) is 48.0 Å². The molecule has 2 amide bonds. The molecule has 2 heterocycles. The lowest BCUT2D eigenvalue weighted by Gasteiger charge is -2.24. The molecule has 1 aliphatic heterocycles. The lowest BCUT2D eigenvalue weighted by molar-refractivity contribution is 0.0815. The van der Waals surface area contributed by atoms with E-state index in [0.717, 1.165) is 24.9 Å². The lowest BCUT2D eigenvalue weighted by Crippen LogP contribution is -2.38. The van der Waals surface area contributed by atoms with Crippen LogP contribution >= 0.6 is 0 Å². The van der Waals surface area contributed by atoms with Gasteiger partial charge in [0.25, 0.3) is 0 Å². The van der Waals surface area contributed by atoms with Crippen molar-refractivity contribution in [1.82, 2.24) is 15.1 Å². The Hall–Kier alpha value is -2.41. The number of carbonyl (C=O) groups excluding carboxylic acids is 1. The Bertz CT molecular complexity index is 680. The van der Waals surface area contributed by atoms with Crippen LogP contribution in [-0.4, -0.2) is 28.5 Å². The summed E-state index contributed by atoms with van der Waals surface area (Å²) >= 11 is 0. The van der Waals surface area contributed by atoms with Gasteiger partial charge in [-0.25, -0.2) is 9.18 Å². The fourth-order valence-electron chi connectivity index (χ4n) is 2.84. The number of aryl methyl sites for hydroxylation is 1. The predicted molar refractivity (Wildman–Crippen MR) is 88.2 cm³/mol. The minimum absolute atomic E-state index is 0.112. The molecule has 0 bridgehead atoms. The molecule has 1 saturated heterocycles. The van der Waals surface area contributed by atoms with E-state index in [0.29, 0.717) is 12.3 Å². The molecule has 24 heavy (non-hydrogen) atoms. The summed E-state index contributed by atoms with van der Waals surface area (Å²) in [5.74, 6) is -0.304. The van der Waals surface area contributed by atoms with Gasteiger partial charge in [-0.15, -0.1) is 0 Å². The summed E-state index contributed by atoms with van der Waals surface area (Å²) in [5, 5.41) is 9.82. The summed E-state index contributed by atoms with van der Waals surface area (Å²) in [6.07, 6.45) is 5.06. The Morgan fingerprint density at radius 1 is 1.46 bits per heavy atom. The maximum absolute atomic E-state index is 13.2. The number of amides is 2. The monoisotopic (exact) mass is 332 g/mol. The summed E-state index contributed by atoms with van der Waals surface area (Å²) in [6.45, 7) is 3.38. The van der Waals surface area contributed by atoms with Crippen LogP contribution < -0.4 is 10.6 Å². The van der Waals surface area contributed by atoms with Gasteiger partial charge in [0.1, 0.15) is 5.82 Å². The van der Waals surface area contributed by atoms with E-state index in [1.165, 1.54) is 12.1 Å². The molecule has 6 nitrogen and oxygen atoms in total. The van der Waals surface area contributed by atoms with Gasteiger partial charge in [-0.1, -0.05) is 12.1 Å². The molecular formula is C17H21FN4O2. The molecule has 1 aliphatic rings. The van der Waals surface area contributed by atoms with Crippen molar-refractivity contribution in [3.63, 3.8) is 0 Å². The van der Waals surface area contributed by atoms with E-state index in [9.17, 15) is 9.18 Å². The molecule has 7 heteroatoms. The molecule has 2 atom stereocenters. The second kappa shape index (κ2) is 7.44. The third kappa shape index (κ3) is 3.91. The average molecular weight is 332 g/mol. The van der Waals surface area contributed by atoms with Gasteiger partial charge in [-0.2, -0.15) is 5.10 Å². The van der Waals surface area contributed by atoms with Crippen molar-refractivity contribution in [2.45, 2.75) is 38.5 Å². The van der Waals surface area contributed by atoms with Crippen molar-refractivity contribution in [3.8, 4) is 0 Å². The zero-order valence-corrected chi connectivity index (χ0v) is 13.5. The third-order valence-electron chi connectivity index (χ3n) is 4.07. The van der Waals surface area contributed by atoms with E-state index in [2.05, 4.69) is 15.7 Å². The molecule has 128 valence electrons. The number of hydrogen-bond acceptors (Lipinski definition) is 3. The van der Waals surface area contributed by atoms with E-state index in [4.69, 9.17) is 4.74 Å². The predicted octanol–water partition coefficient (Wildman–Crippen LogP) is 3.08. The first kappa shape index (κ1) is 16.4. The molecule has 0 spiro atoms. The van der Waals surface area contributed by atoms with Gasteiger partial charge in [0, 0.05) is 19.3 Å². The van der Waals surface area contributed by atoms with Gasteiger partial charge in [0.2, 0.25) is 0 Å². The summed E-state index contributed by atoms with van der Waals surface area (Å²) in [6, 6.07) is 5.48. The summed E-state index contributed by atoms with van der Waals surface area (Å²) in [7, 11) is 0. The van der Waals surface area contributed by atoms with Crippen molar-refractivity contribution >= 4 is 11.7 Å². The Labute approximate surface area is 140 Å². The van der Waals surface area contributed by atoms with E-state index < -0.39 is 0 Å². The Balaban J connectivity index is 1.70. The fourth-order valence-corrected chi connectivity index (χ4v) is 2.84. The number of halogens is 1. The first-order chi connectivity index (χ1) is 11.7. The fraction of sp³-hybridized carbons (Fsp3) is 0.412. The normalized spacial score (nSPS) is 18.3. The highest BCUT2D eigenvalue weighted by Gasteiger charge is 2.28. The molecule has 0 saturated carbocycles. The molecule has 0 unspecified atom stereocenters. The van der Waals surface area contributed by atoms with E-state index in [-0.39, 0.29) is 24.0 Å². The molecule has 1 aromatic heterocycles. The summed E-state index contributed by atoms with van der Waals surface area (Å²) < 4.78 is 20.6. The third-order valence-corrected chi connectivity index (χ3v) is 4.07. The van der Waals surface area contributed by atoms with Crippen LogP contribution in [0.5, 0.6) is 0 Å². The molecule has 3 rings (SSSR count). The van der Waals surface area contributed by atoms with Gasteiger partial charge in [-0.05, 0) is 37.5 Å². The van der Waals surface area contributed by atoms with E-state index in [1.54, 1.807) is 29.2 Å². The standard InChI is InChI=1S/C17H21FN4O2/c1-2-22-11-14(10-19-22)20-17(23)21-16(15-4-3-9-24-15)12-5-7-13(18)8-6-12/h5-8,10-11,15-16H,2-4,9H2,1H3,(H2,20,21,23)/t15-,16-/m1/s1. The number of nitrogens with one attached hydrogen (secondary N) is 2. The van der Waals surface area contributed by atoms with Crippen LogP contribution in [-0.2, 0) is 11.3 Å². The number of urea groups is 1. The quantitative estimate of drug-likeness (QED) is 0.884. The number of ether oxygens (including phenoxy) is 1. The Morgan fingerprint density at radius 3 is 2.88 bits per heavy atom. The van der Waals surface area contributed by atoms with Crippen molar-refractivity contribution in [2.75, 3.05) is 11.9 Å². The number of benzene rings is 1. The minimum atomic E-state index is -0.338. The topological polar surface area (TPSA) is 68.2 Å². The molecule has 1 fully saturated rings. The van der Waals surface area contributed by atoms with Crippen LogP contribution in [0.3, 0.4) is 0 Å². The van der Waals surface area contributed by atoms with Crippen LogP contribution in [0.2, 0.25) is 0 Å².